The number of nitrogens with zero attached hydrogens (tertiary/aromatic N) is 3. The molecule has 0 bridgehead atoms. The highest BCUT2D eigenvalue weighted by Gasteiger charge is 2.19. The second kappa shape index (κ2) is 6.29. The van der Waals surface area contributed by atoms with E-state index in [1.165, 1.54) is 0 Å². The first-order chi connectivity index (χ1) is 9.78. The van der Waals surface area contributed by atoms with Gasteiger partial charge in [-0.3, -0.25) is 0 Å². The zero-order valence-electron chi connectivity index (χ0n) is 11.2. The molecule has 0 aliphatic carbocycles. The van der Waals surface area contributed by atoms with Gasteiger partial charge in [0.15, 0.2) is 5.65 Å². The Morgan fingerprint density at radius 3 is 2.90 bits per heavy atom. The van der Waals surface area contributed by atoms with Gasteiger partial charge < -0.3 is 9.30 Å². The van der Waals surface area contributed by atoms with Gasteiger partial charge >= 0.3 is 0 Å². The van der Waals surface area contributed by atoms with E-state index in [1.54, 1.807) is 6.20 Å². The predicted molar refractivity (Wildman–Crippen MR) is 80.5 cm³/mol. The lowest BCUT2D eigenvalue weighted by Gasteiger charge is -2.23. The van der Waals surface area contributed by atoms with Crippen molar-refractivity contribution >= 4 is 34.4 Å². The molecule has 0 N–H and O–H groups in total. The predicted octanol–water partition coefficient (Wildman–Crippen LogP) is 3.29. The third-order valence-electron chi connectivity index (χ3n) is 3.73. The number of alkyl halides is 1. The molecule has 0 atom stereocenters. The molecule has 2 aromatic rings. The number of aryl methyl sites for hydroxylation is 1. The lowest BCUT2D eigenvalue weighted by molar-refractivity contribution is 0.0613. The fourth-order valence-corrected chi connectivity index (χ4v) is 3.01. The van der Waals surface area contributed by atoms with Crippen molar-refractivity contribution in [1.82, 2.24) is 14.5 Å². The third kappa shape index (κ3) is 2.92. The molecule has 1 aliphatic rings. The quantitative estimate of drug-likeness (QED) is 0.813. The summed E-state index contributed by atoms with van der Waals surface area (Å²) < 4.78 is 7.62. The standard InChI is InChI=1S/C14H17Cl2N3O/c15-4-1-13-18-12-7-11(16)8-17-14(12)19(13)9-10-2-5-20-6-3-10/h7-8,10H,1-6,9H2. The molecule has 3 heterocycles. The van der Waals surface area contributed by atoms with Crippen molar-refractivity contribution in [1.29, 1.82) is 0 Å². The van der Waals surface area contributed by atoms with Crippen LogP contribution >= 0.6 is 23.2 Å². The van der Waals surface area contributed by atoms with Crippen molar-refractivity contribution in [2.24, 2.45) is 5.92 Å². The van der Waals surface area contributed by atoms with Crippen LogP contribution < -0.4 is 0 Å². The molecule has 0 spiro atoms. The van der Waals surface area contributed by atoms with Crippen LogP contribution in [-0.4, -0.2) is 33.6 Å². The van der Waals surface area contributed by atoms with Crippen LogP contribution in [0.25, 0.3) is 11.2 Å². The highest BCUT2D eigenvalue weighted by molar-refractivity contribution is 6.31. The largest absolute Gasteiger partial charge is 0.381 e. The molecular weight excluding hydrogens is 297 g/mol. The van der Waals surface area contributed by atoms with E-state index in [9.17, 15) is 0 Å². The Kier molecular flexibility index (Phi) is 4.44. The number of fused-ring (bicyclic) bond motifs is 1. The summed E-state index contributed by atoms with van der Waals surface area (Å²) in [5.74, 6) is 2.18. The smallest absolute Gasteiger partial charge is 0.160 e. The van der Waals surface area contributed by atoms with Crippen LogP contribution in [-0.2, 0) is 17.7 Å². The van der Waals surface area contributed by atoms with Crippen molar-refractivity contribution in [3.8, 4) is 0 Å². The fourth-order valence-electron chi connectivity index (χ4n) is 2.69. The molecule has 1 aliphatic heterocycles. The number of hydrogen-bond donors (Lipinski definition) is 0. The van der Waals surface area contributed by atoms with Crippen molar-refractivity contribution in [2.45, 2.75) is 25.8 Å². The molecule has 108 valence electrons. The second-order valence-electron chi connectivity index (χ2n) is 5.13. The van der Waals surface area contributed by atoms with E-state index in [4.69, 9.17) is 27.9 Å². The van der Waals surface area contributed by atoms with Gasteiger partial charge in [0.25, 0.3) is 0 Å². The molecule has 0 radical (unpaired) electrons. The van der Waals surface area contributed by atoms with E-state index in [0.29, 0.717) is 16.8 Å². The normalized spacial score (nSPS) is 16.9. The number of ether oxygens (including phenoxy) is 1. The van der Waals surface area contributed by atoms with Gasteiger partial charge in [-0.05, 0) is 24.8 Å². The van der Waals surface area contributed by atoms with Crippen LogP contribution in [0.2, 0.25) is 5.02 Å². The minimum Gasteiger partial charge on any atom is -0.381 e. The fraction of sp³-hybridized carbons (Fsp3) is 0.571. The lowest BCUT2D eigenvalue weighted by atomic mass is 10.0. The minimum absolute atomic E-state index is 0.560. The summed E-state index contributed by atoms with van der Waals surface area (Å²) in [4.78, 5) is 9.07. The van der Waals surface area contributed by atoms with Crippen molar-refractivity contribution in [3.05, 3.63) is 23.1 Å². The number of hydrogen-bond acceptors (Lipinski definition) is 3. The molecule has 1 fully saturated rings. The molecule has 0 unspecified atom stereocenters. The first-order valence-electron chi connectivity index (χ1n) is 6.92. The maximum absolute atomic E-state index is 5.99. The van der Waals surface area contributed by atoms with Gasteiger partial charge in [0.05, 0.1) is 5.02 Å². The zero-order valence-corrected chi connectivity index (χ0v) is 12.7. The number of imidazole rings is 1. The summed E-state index contributed by atoms with van der Waals surface area (Å²) in [6.45, 7) is 2.63. The van der Waals surface area contributed by atoms with Crippen molar-refractivity contribution in [2.75, 3.05) is 19.1 Å². The topological polar surface area (TPSA) is 39.9 Å². The van der Waals surface area contributed by atoms with Crippen LogP contribution in [0.15, 0.2) is 12.3 Å². The number of pyridine rings is 1. The lowest BCUT2D eigenvalue weighted by Crippen LogP contribution is -2.21. The highest BCUT2D eigenvalue weighted by Crippen LogP contribution is 2.23. The molecule has 1 saturated heterocycles. The maximum Gasteiger partial charge on any atom is 0.160 e. The zero-order chi connectivity index (χ0) is 13.9. The van der Waals surface area contributed by atoms with E-state index in [1.807, 2.05) is 6.07 Å². The Bertz CT molecular complexity index is 593. The molecule has 0 aromatic carbocycles. The average molecular weight is 314 g/mol. The summed E-state index contributed by atoms with van der Waals surface area (Å²) in [6, 6.07) is 1.86. The van der Waals surface area contributed by atoms with Crippen molar-refractivity contribution in [3.63, 3.8) is 0 Å². The minimum atomic E-state index is 0.560. The molecule has 20 heavy (non-hydrogen) atoms. The summed E-state index contributed by atoms with van der Waals surface area (Å²) in [5.41, 5.74) is 1.76. The summed E-state index contributed by atoms with van der Waals surface area (Å²) >= 11 is 11.9. The van der Waals surface area contributed by atoms with Crippen LogP contribution in [0.3, 0.4) is 0 Å². The monoisotopic (exact) mass is 313 g/mol. The summed E-state index contributed by atoms with van der Waals surface area (Å²) in [7, 11) is 0. The van der Waals surface area contributed by atoms with Gasteiger partial charge in [-0.2, -0.15) is 0 Å². The average Bonchev–Trinajstić information content (AvgIpc) is 2.77. The van der Waals surface area contributed by atoms with E-state index >= 15 is 0 Å². The first-order valence-corrected chi connectivity index (χ1v) is 7.83. The van der Waals surface area contributed by atoms with Gasteiger partial charge in [-0.15, -0.1) is 11.6 Å². The van der Waals surface area contributed by atoms with Crippen LogP contribution in [0, 0.1) is 5.92 Å². The first kappa shape index (κ1) is 14.1. The number of halogens is 2. The van der Waals surface area contributed by atoms with E-state index < -0.39 is 0 Å². The molecular formula is C14H17Cl2N3O. The van der Waals surface area contributed by atoms with Crippen LogP contribution in [0.1, 0.15) is 18.7 Å². The molecule has 4 nitrogen and oxygen atoms in total. The Morgan fingerprint density at radius 1 is 1.35 bits per heavy atom. The Morgan fingerprint density at radius 2 is 2.15 bits per heavy atom. The van der Waals surface area contributed by atoms with Crippen LogP contribution in [0.4, 0.5) is 0 Å². The molecule has 2 aromatic heterocycles. The maximum atomic E-state index is 5.99. The molecule has 0 saturated carbocycles. The summed E-state index contributed by atoms with van der Waals surface area (Å²) in [6.07, 6.45) is 4.61. The molecule has 6 heteroatoms. The van der Waals surface area contributed by atoms with Gasteiger partial charge in [-0.1, -0.05) is 11.6 Å². The highest BCUT2D eigenvalue weighted by atomic mass is 35.5. The van der Waals surface area contributed by atoms with Gasteiger partial charge in [0.1, 0.15) is 11.3 Å². The van der Waals surface area contributed by atoms with Crippen molar-refractivity contribution < 1.29 is 4.74 Å². The van der Waals surface area contributed by atoms with E-state index in [2.05, 4.69) is 14.5 Å². The van der Waals surface area contributed by atoms with Gasteiger partial charge in [-0.25, -0.2) is 9.97 Å². The Hall–Kier alpha value is -0.840. The van der Waals surface area contributed by atoms with Gasteiger partial charge in [0.2, 0.25) is 0 Å². The second-order valence-corrected chi connectivity index (χ2v) is 5.94. The van der Waals surface area contributed by atoms with E-state index in [0.717, 1.165) is 56.0 Å². The number of aromatic nitrogens is 3. The number of rotatable bonds is 4. The summed E-state index contributed by atoms with van der Waals surface area (Å²) in [5, 5.41) is 0.616. The van der Waals surface area contributed by atoms with Gasteiger partial charge in [0, 0.05) is 38.3 Å². The van der Waals surface area contributed by atoms with E-state index in [-0.39, 0.29) is 0 Å². The SMILES string of the molecule is ClCCc1nc2cc(Cl)cnc2n1CC1CCOCC1. The molecule has 3 rings (SSSR count). The Labute approximate surface area is 128 Å². The van der Waals surface area contributed by atoms with Crippen LogP contribution in [0.5, 0.6) is 0 Å². The Balaban J connectivity index is 1.95. The third-order valence-corrected chi connectivity index (χ3v) is 4.13. The molecule has 0 amide bonds.